The Labute approximate surface area is 91.6 Å². The summed E-state index contributed by atoms with van der Waals surface area (Å²) in [7, 11) is 1.65. The summed E-state index contributed by atoms with van der Waals surface area (Å²) in [6, 6.07) is 4.41. The van der Waals surface area contributed by atoms with Crippen LogP contribution in [0.15, 0.2) is 18.2 Å². The molecule has 0 saturated carbocycles. The first-order valence-corrected chi connectivity index (χ1v) is 4.48. The van der Waals surface area contributed by atoms with Crippen molar-refractivity contribution in [2.24, 2.45) is 0 Å². The second-order valence-corrected chi connectivity index (χ2v) is 3.14. The van der Waals surface area contributed by atoms with E-state index in [4.69, 9.17) is 18.0 Å². The average molecular weight is 226 g/mol. The van der Waals surface area contributed by atoms with Gasteiger partial charge in [-0.15, -0.1) is 0 Å². The maximum atomic E-state index is 10.6. The van der Waals surface area contributed by atoms with Crippen LogP contribution in [0.1, 0.15) is 0 Å². The van der Waals surface area contributed by atoms with Gasteiger partial charge in [-0.3, -0.25) is 10.1 Å². The first-order chi connectivity index (χ1) is 7.04. The van der Waals surface area contributed by atoms with Gasteiger partial charge in [0.15, 0.2) is 5.11 Å². The van der Waals surface area contributed by atoms with Crippen LogP contribution in [-0.2, 0) is 0 Å². The maximum Gasteiger partial charge on any atom is 0.294 e. The predicted molar refractivity (Wildman–Crippen MR) is 62.8 cm³/mol. The molecule has 0 aliphatic carbocycles. The Kier molecular flexibility index (Phi) is 3.40. The molecule has 0 saturated heterocycles. The number of thiocarbonyl (C=S) groups is 1. The molecule has 1 rings (SSSR count). The zero-order chi connectivity index (χ0) is 11.4. The number of nitrogens with zero attached hydrogens (tertiary/aromatic N) is 1. The quantitative estimate of drug-likeness (QED) is 0.302. The van der Waals surface area contributed by atoms with Gasteiger partial charge in [0, 0.05) is 18.8 Å². The molecule has 0 atom stereocenters. The van der Waals surface area contributed by atoms with Crippen LogP contribution in [-0.4, -0.2) is 17.1 Å². The molecule has 0 aromatic heterocycles. The van der Waals surface area contributed by atoms with Gasteiger partial charge in [-0.25, -0.2) is 0 Å². The van der Waals surface area contributed by atoms with E-state index in [9.17, 15) is 10.1 Å². The first-order valence-electron chi connectivity index (χ1n) is 4.07. The van der Waals surface area contributed by atoms with Crippen molar-refractivity contribution in [1.82, 2.24) is 5.32 Å². The normalized spacial score (nSPS) is 9.40. The van der Waals surface area contributed by atoms with Crippen LogP contribution in [0.2, 0.25) is 0 Å². The van der Waals surface area contributed by atoms with Crippen LogP contribution in [0, 0.1) is 10.1 Å². The molecule has 0 unspecified atom stereocenters. The summed E-state index contributed by atoms with van der Waals surface area (Å²) in [6.07, 6.45) is 0. The molecule has 0 spiro atoms. The number of anilines is 2. The summed E-state index contributed by atoms with van der Waals surface area (Å²) in [6.45, 7) is 0. The molecule has 0 heterocycles. The third-order valence-electron chi connectivity index (χ3n) is 1.71. The SMILES string of the molecule is CNC(=S)Nc1ccc(N)c([N+](=O)[O-])c1. The van der Waals surface area contributed by atoms with Gasteiger partial charge in [-0.2, -0.15) is 0 Å². The molecule has 0 amide bonds. The van der Waals surface area contributed by atoms with Gasteiger partial charge in [0.25, 0.3) is 5.69 Å². The first kappa shape index (κ1) is 11.2. The fraction of sp³-hybridized carbons (Fsp3) is 0.125. The molecule has 15 heavy (non-hydrogen) atoms. The highest BCUT2D eigenvalue weighted by atomic mass is 32.1. The highest BCUT2D eigenvalue weighted by Crippen LogP contribution is 2.24. The number of nitrogens with one attached hydrogen (secondary N) is 2. The number of hydrogen-bond donors (Lipinski definition) is 3. The summed E-state index contributed by atoms with van der Waals surface area (Å²) in [5.74, 6) is 0. The van der Waals surface area contributed by atoms with E-state index in [0.29, 0.717) is 10.8 Å². The van der Waals surface area contributed by atoms with E-state index in [0.717, 1.165) is 0 Å². The van der Waals surface area contributed by atoms with Crippen molar-refractivity contribution < 1.29 is 4.92 Å². The van der Waals surface area contributed by atoms with Crippen molar-refractivity contribution in [3.63, 3.8) is 0 Å². The average Bonchev–Trinajstić information content (AvgIpc) is 2.20. The zero-order valence-electron chi connectivity index (χ0n) is 7.98. The van der Waals surface area contributed by atoms with E-state index >= 15 is 0 Å². The third kappa shape index (κ3) is 2.78. The Balaban J connectivity index is 2.97. The van der Waals surface area contributed by atoms with E-state index in [1.54, 1.807) is 13.1 Å². The van der Waals surface area contributed by atoms with E-state index in [1.807, 2.05) is 0 Å². The smallest absolute Gasteiger partial charge is 0.294 e. The fourth-order valence-electron chi connectivity index (χ4n) is 0.973. The van der Waals surface area contributed by atoms with E-state index < -0.39 is 4.92 Å². The van der Waals surface area contributed by atoms with Crippen LogP contribution >= 0.6 is 12.2 Å². The lowest BCUT2D eigenvalue weighted by atomic mass is 10.2. The van der Waals surface area contributed by atoms with Gasteiger partial charge >= 0.3 is 0 Å². The van der Waals surface area contributed by atoms with Gasteiger partial charge < -0.3 is 16.4 Å². The molecular weight excluding hydrogens is 216 g/mol. The molecular formula is C8H10N4O2S. The molecule has 80 valence electrons. The van der Waals surface area contributed by atoms with E-state index in [2.05, 4.69) is 10.6 Å². The van der Waals surface area contributed by atoms with Crippen molar-refractivity contribution in [2.45, 2.75) is 0 Å². The number of nitrogen functional groups attached to an aromatic ring is 1. The number of hydrogen-bond acceptors (Lipinski definition) is 4. The summed E-state index contributed by atoms with van der Waals surface area (Å²) in [5, 5.41) is 16.4. The van der Waals surface area contributed by atoms with Crippen molar-refractivity contribution >= 4 is 34.4 Å². The number of nitrogens with two attached hydrogens (primary N) is 1. The molecule has 0 aliphatic rings. The molecule has 1 aromatic carbocycles. The standard InChI is InChI=1S/C8H10N4O2S/c1-10-8(15)11-5-2-3-6(9)7(4-5)12(13)14/h2-4H,9H2,1H3,(H2,10,11,15). The van der Waals surface area contributed by atoms with Gasteiger partial charge in [0.2, 0.25) is 0 Å². The number of rotatable bonds is 2. The minimum Gasteiger partial charge on any atom is -0.393 e. The lowest BCUT2D eigenvalue weighted by Gasteiger charge is -2.07. The Morgan fingerprint density at radius 2 is 2.27 bits per heavy atom. The summed E-state index contributed by atoms with van der Waals surface area (Å²) in [4.78, 5) is 10.0. The molecule has 0 fully saturated rings. The Hall–Kier alpha value is -1.89. The molecule has 7 heteroatoms. The van der Waals surface area contributed by atoms with Crippen LogP contribution in [0.4, 0.5) is 17.1 Å². The molecule has 0 radical (unpaired) electrons. The van der Waals surface area contributed by atoms with Gasteiger partial charge in [-0.05, 0) is 24.4 Å². The zero-order valence-corrected chi connectivity index (χ0v) is 8.80. The number of benzene rings is 1. The topological polar surface area (TPSA) is 93.2 Å². The lowest BCUT2D eigenvalue weighted by Crippen LogP contribution is -2.24. The van der Waals surface area contributed by atoms with E-state index in [1.165, 1.54) is 12.1 Å². The van der Waals surface area contributed by atoms with E-state index in [-0.39, 0.29) is 11.4 Å². The minimum absolute atomic E-state index is 0.126. The number of nitro groups is 1. The summed E-state index contributed by atoms with van der Waals surface area (Å²) in [5.41, 5.74) is 5.95. The summed E-state index contributed by atoms with van der Waals surface area (Å²) < 4.78 is 0. The monoisotopic (exact) mass is 226 g/mol. The van der Waals surface area contributed by atoms with Crippen molar-refractivity contribution in [2.75, 3.05) is 18.1 Å². The highest BCUT2D eigenvalue weighted by molar-refractivity contribution is 7.80. The van der Waals surface area contributed by atoms with Crippen LogP contribution < -0.4 is 16.4 Å². The van der Waals surface area contributed by atoms with Crippen LogP contribution in [0.3, 0.4) is 0 Å². The van der Waals surface area contributed by atoms with Crippen LogP contribution in [0.5, 0.6) is 0 Å². The van der Waals surface area contributed by atoms with Crippen molar-refractivity contribution in [3.05, 3.63) is 28.3 Å². The third-order valence-corrected chi connectivity index (χ3v) is 2.02. The number of nitro benzene ring substituents is 1. The second-order valence-electron chi connectivity index (χ2n) is 2.73. The molecule has 0 bridgehead atoms. The maximum absolute atomic E-state index is 10.6. The molecule has 1 aromatic rings. The lowest BCUT2D eigenvalue weighted by molar-refractivity contribution is -0.383. The van der Waals surface area contributed by atoms with Gasteiger partial charge in [0.1, 0.15) is 5.69 Å². The Morgan fingerprint density at radius 3 is 2.80 bits per heavy atom. The largest absolute Gasteiger partial charge is 0.393 e. The molecule has 4 N–H and O–H groups in total. The predicted octanol–water partition coefficient (Wildman–Crippen LogP) is 1.09. The molecule has 0 aliphatic heterocycles. The minimum atomic E-state index is -0.539. The highest BCUT2D eigenvalue weighted by Gasteiger charge is 2.11. The van der Waals surface area contributed by atoms with Crippen molar-refractivity contribution in [1.29, 1.82) is 0 Å². The van der Waals surface area contributed by atoms with Gasteiger partial charge in [0.05, 0.1) is 4.92 Å². The fourth-order valence-corrected chi connectivity index (χ4v) is 1.09. The second kappa shape index (κ2) is 4.56. The van der Waals surface area contributed by atoms with Crippen molar-refractivity contribution in [3.8, 4) is 0 Å². The Bertz CT molecular complexity index is 408. The van der Waals surface area contributed by atoms with Crippen LogP contribution in [0.25, 0.3) is 0 Å². The Morgan fingerprint density at radius 1 is 1.60 bits per heavy atom. The molecule has 6 nitrogen and oxygen atoms in total. The van der Waals surface area contributed by atoms with Gasteiger partial charge in [-0.1, -0.05) is 0 Å². The summed E-state index contributed by atoms with van der Waals surface area (Å²) >= 11 is 4.86.